The molecule has 18 heavy (non-hydrogen) atoms. The van der Waals surface area contributed by atoms with Crippen LogP contribution >= 0.6 is 0 Å². The molecule has 2 atom stereocenters. The van der Waals surface area contributed by atoms with E-state index in [2.05, 4.69) is 0 Å². The molecule has 7 heteroatoms. The van der Waals surface area contributed by atoms with Gasteiger partial charge in [0.05, 0.1) is 0 Å². The van der Waals surface area contributed by atoms with E-state index in [9.17, 15) is 31.1 Å². The molecule has 0 N–H and O–H groups in total. The maximum atomic E-state index is 12.7. The van der Waals surface area contributed by atoms with Crippen molar-refractivity contribution in [1.82, 2.24) is 0 Å². The summed E-state index contributed by atoms with van der Waals surface area (Å²) in [5.74, 6) is -7.21. The Labute approximate surface area is 97.4 Å². The highest BCUT2D eigenvalue weighted by molar-refractivity contribution is 5.98. The maximum Gasteiger partial charge on any atom is 0.402 e. The normalized spacial score (nSPS) is 24.2. The topological polar surface area (TPSA) is 17.1 Å². The van der Waals surface area contributed by atoms with Gasteiger partial charge in [0.1, 0.15) is 11.8 Å². The summed E-state index contributed by atoms with van der Waals surface area (Å²) in [7, 11) is 0. The third-order valence-electron chi connectivity index (χ3n) is 2.84. The summed E-state index contributed by atoms with van der Waals surface area (Å²) < 4.78 is 76.0. The maximum absolute atomic E-state index is 12.7. The largest absolute Gasteiger partial charge is 0.402 e. The van der Waals surface area contributed by atoms with Gasteiger partial charge in [0.15, 0.2) is 5.78 Å². The molecule has 1 nitrogen and oxygen atoms in total. The Bertz CT molecular complexity index is 444. The van der Waals surface area contributed by atoms with Crippen LogP contribution in [0.3, 0.4) is 0 Å². The van der Waals surface area contributed by atoms with E-state index in [1.165, 1.54) is 12.1 Å². The van der Waals surface area contributed by atoms with E-state index in [4.69, 9.17) is 0 Å². The number of halogens is 6. The lowest BCUT2D eigenvalue weighted by molar-refractivity contribution is -0.178. The molecule has 0 spiro atoms. The first-order valence-electron chi connectivity index (χ1n) is 4.90. The van der Waals surface area contributed by atoms with E-state index in [0.717, 1.165) is 12.1 Å². The van der Waals surface area contributed by atoms with Gasteiger partial charge in [0.2, 0.25) is 0 Å². The van der Waals surface area contributed by atoms with Gasteiger partial charge in [-0.15, -0.1) is 0 Å². The lowest BCUT2D eigenvalue weighted by Gasteiger charge is -2.16. The summed E-state index contributed by atoms with van der Waals surface area (Å²) in [5.41, 5.74) is -1.20. The Hall–Kier alpha value is -1.53. The van der Waals surface area contributed by atoms with Crippen molar-refractivity contribution in [3.8, 4) is 0 Å². The average Bonchev–Trinajstić information content (AvgIpc) is 2.47. The van der Waals surface area contributed by atoms with Gasteiger partial charge in [-0.25, -0.2) is 0 Å². The fourth-order valence-electron chi connectivity index (χ4n) is 2.19. The van der Waals surface area contributed by atoms with Crippen molar-refractivity contribution in [3.63, 3.8) is 0 Å². The van der Waals surface area contributed by atoms with Crippen LogP contribution in [0.15, 0.2) is 24.3 Å². The van der Waals surface area contributed by atoms with Crippen molar-refractivity contribution in [2.24, 2.45) is 0 Å². The molecule has 1 aliphatic carbocycles. The van der Waals surface area contributed by atoms with Gasteiger partial charge >= 0.3 is 12.4 Å². The first-order chi connectivity index (χ1) is 8.14. The van der Waals surface area contributed by atoms with Crippen molar-refractivity contribution < 1.29 is 31.1 Å². The highest BCUT2D eigenvalue weighted by atomic mass is 19.4. The summed E-state index contributed by atoms with van der Waals surface area (Å²) in [4.78, 5) is 11.4. The Morgan fingerprint density at radius 2 is 1.11 bits per heavy atom. The molecular weight excluding hydrogens is 262 g/mol. The highest BCUT2D eigenvalue weighted by Crippen LogP contribution is 2.52. The molecule has 0 amide bonds. The predicted octanol–water partition coefficient (Wildman–Crippen LogP) is 3.56. The van der Waals surface area contributed by atoms with Gasteiger partial charge in [0, 0.05) is 0 Å². The summed E-state index contributed by atoms with van der Waals surface area (Å²) in [5, 5.41) is 0. The molecular formula is C11H6F6O. The van der Waals surface area contributed by atoms with Crippen molar-refractivity contribution in [2.75, 3.05) is 0 Å². The van der Waals surface area contributed by atoms with Crippen LogP contribution in [0.5, 0.6) is 0 Å². The Balaban J connectivity index is 2.61. The number of hydrogen-bond acceptors (Lipinski definition) is 1. The minimum atomic E-state index is -5.01. The van der Waals surface area contributed by atoms with Crippen molar-refractivity contribution in [1.29, 1.82) is 0 Å². The van der Waals surface area contributed by atoms with Crippen LogP contribution in [0.4, 0.5) is 26.3 Å². The van der Waals surface area contributed by atoms with Crippen LogP contribution in [-0.2, 0) is 4.79 Å². The first kappa shape index (κ1) is 12.9. The number of carbonyl (C=O) groups is 1. The smallest absolute Gasteiger partial charge is 0.298 e. The number of Topliss-reactive ketones (excluding diaryl/α,β-unsaturated/α-hetero) is 1. The monoisotopic (exact) mass is 268 g/mol. The molecule has 0 bridgehead atoms. The van der Waals surface area contributed by atoms with E-state index < -0.39 is 41.1 Å². The highest BCUT2D eigenvalue weighted by Gasteiger charge is 2.60. The molecule has 0 heterocycles. The van der Waals surface area contributed by atoms with Crippen LogP contribution in [0, 0.1) is 0 Å². The Morgan fingerprint density at radius 3 is 1.39 bits per heavy atom. The van der Waals surface area contributed by atoms with Crippen LogP contribution < -0.4 is 0 Å². The van der Waals surface area contributed by atoms with Gasteiger partial charge < -0.3 is 0 Å². The van der Waals surface area contributed by atoms with Gasteiger partial charge in [-0.2, -0.15) is 26.3 Å². The third-order valence-corrected chi connectivity index (χ3v) is 2.84. The van der Waals surface area contributed by atoms with Crippen molar-refractivity contribution in [3.05, 3.63) is 35.4 Å². The fraction of sp³-hybridized carbons (Fsp3) is 0.364. The molecule has 0 radical (unpaired) electrons. The number of benzene rings is 1. The van der Waals surface area contributed by atoms with Crippen LogP contribution in [0.2, 0.25) is 0 Å². The van der Waals surface area contributed by atoms with E-state index in [-0.39, 0.29) is 0 Å². The zero-order chi connectivity index (χ0) is 13.7. The number of rotatable bonds is 0. The SMILES string of the molecule is O=C1C(C(F)(F)F)c2ccccc2C1C(F)(F)F. The second-order valence-corrected chi connectivity index (χ2v) is 3.98. The van der Waals surface area contributed by atoms with Crippen LogP contribution in [0.25, 0.3) is 0 Å². The van der Waals surface area contributed by atoms with Crippen molar-refractivity contribution >= 4 is 5.78 Å². The third kappa shape index (κ3) is 1.87. The van der Waals surface area contributed by atoms with Gasteiger partial charge in [-0.05, 0) is 11.1 Å². The molecule has 1 aromatic rings. The van der Waals surface area contributed by atoms with E-state index >= 15 is 0 Å². The number of fused-ring (bicyclic) bond motifs is 1. The Kier molecular flexibility index (Phi) is 2.68. The first-order valence-corrected chi connectivity index (χ1v) is 4.90. The molecule has 98 valence electrons. The summed E-state index contributed by atoms with van der Waals surface area (Å²) >= 11 is 0. The van der Waals surface area contributed by atoms with Gasteiger partial charge in [0.25, 0.3) is 0 Å². The molecule has 1 aliphatic rings. The zero-order valence-electron chi connectivity index (χ0n) is 8.64. The summed E-state index contributed by atoms with van der Waals surface area (Å²) in [6, 6.07) is 4.20. The quantitative estimate of drug-likeness (QED) is 0.657. The van der Waals surface area contributed by atoms with Crippen molar-refractivity contribution in [2.45, 2.75) is 24.2 Å². The molecule has 0 saturated carbocycles. The number of hydrogen-bond donors (Lipinski definition) is 0. The van der Waals surface area contributed by atoms with Gasteiger partial charge in [-0.1, -0.05) is 24.3 Å². The number of carbonyl (C=O) groups excluding carboxylic acids is 1. The fourth-order valence-corrected chi connectivity index (χ4v) is 2.19. The average molecular weight is 268 g/mol. The predicted molar refractivity (Wildman–Crippen MR) is 49.0 cm³/mol. The number of alkyl halides is 6. The minimum absolute atomic E-state index is 0.600. The summed E-state index contributed by atoms with van der Waals surface area (Å²) in [6.07, 6.45) is -10.0. The lowest BCUT2D eigenvalue weighted by Crippen LogP contribution is -2.31. The standard InChI is InChI=1S/C11H6F6O/c12-10(13,14)7-5-3-1-2-4-6(5)8(9(7)18)11(15,16)17/h1-4,7-8H. The molecule has 0 fully saturated rings. The van der Waals surface area contributed by atoms with Crippen LogP contribution in [-0.4, -0.2) is 18.1 Å². The zero-order valence-corrected chi connectivity index (χ0v) is 8.64. The summed E-state index contributed by atoms with van der Waals surface area (Å²) in [6.45, 7) is 0. The lowest BCUT2D eigenvalue weighted by atomic mass is 9.99. The molecule has 0 saturated heterocycles. The van der Waals surface area contributed by atoms with Crippen LogP contribution in [0.1, 0.15) is 23.0 Å². The number of ketones is 1. The molecule has 2 unspecified atom stereocenters. The molecule has 2 rings (SSSR count). The second kappa shape index (κ2) is 3.73. The van der Waals surface area contributed by atoms with Gasteiger partial charge in [-0.3, -0.25) is 4.79 Å². The molecule has 0 aliphatic heterocycles. The Morgan fingerprint density at radius 1 is 0.778 bits per heavy atom. The molecule has 1 aromatic carbocycles. The van der Waals surface area contributed by atoms with E-state index in [1.807, 2.05) is 0 Å². The van der Waals surface area contributed by atoms with E-state index in [1.54, 1.807) is 0 Å². The molecule has 0 aromatic heterocycles. The van der Waals surface area contributed by atoms with E-state index in [0.29, 0.717) is 0 Å². The minimum Gasteiger partial charge on any atom is -0.298 e. The second-order valence-electron chi connectivity index (χ2n) is 3.98.